The predicted octanol–water partition coefficient (Wildman–Crippen LogP) is 1.90. The van der Waals surface area contributed by atoms with Gasteiger partial charge in [0.15, 0.2) is 5.16 Å². The molecule has 6 nitrogen and oxygen atoms in total. The maximum Gasteiger partial charge on any atom is 0.228 e. The van der Waals surface area contributed by atoms with Crippen LogP contribution >= 0.6 is 11.8 Å². The molecule has 1 aliphatic rings. The molecule has 1 saturated heterocycles. The van der Waals surface area contributed by atoms with Crippen molar-refractivity contribution in [2.75, 3.05) is 50.7 Å². The van der Waals surface area contributed by atoms with Gasteiger partial charge in [-0.15, -0.1) is 10.2 Å². The van der Waals surface area contributed by atoms with Gasteiger partial charge in [-0.05, 0) is 12.3 Å². The van der Waals surface area contributed by atoms with E-state index in [2.05, 4.69) is 33.5 Å². The molecule has 0 radical (unpaired) electrons. The zero-order valence-electron chi connectivity index (χ0n) is 13.2. The zero-order valence-corrected chi connectivity index (χ0v) is 14.1. The Hall–Kier alpha value is -0.790. The summed E-state index contributed by atoms with van der Waals surface area (Å²) in [7, 11) is 1.74. The van der Waals surface area contributed by atoms with Crippen molar-refractivity contribution in [2.45, 2.75) is 32.0 Å². The summed E-state index contributed by atoms with van der Waals surface area (Å²) in [6.07, 6.45) is 1.03. The largest absolute Gasteiger partial charge is 0.385 e. The molecule has 0 aliphatic carbocycles. The molecule has 1 aromatic rings. The Morgan fingerprint density at radius 1 is 1.29 bits per heavy atom. The molecule has 120 valence electrons. The first-order valence-electron chi connectivity index (χ1n) is 7.60. The third-order valence-corrected chi connectivity index (χ3v) is 4.32. The van der Waals surface area contributed by atoms with Crippen LogP contribution in [-0.2, 0) is 16.0 Å². The second-order valence-corrected chi connectivity index (χ2v) is 6.64. The van der Waals surface area contributed by atoms with Gasteiger partial charge in [0.25, 0.3) is 0 Å². The number of nitrogens with zero attached hydrogens (tertiary/aromatic N) is 4. The monoisotopic (exact) mass is 314 g/mol. The fourth-order valence-corrected chi connectivity index (χ4v) is 3.13. The number of thioether (sulfide) groups is 1. The smallest absolute Gasteiger partial charge is 0.228 e. The topological polar surface area (TPSA) is 52.4 Å². The molecular formula is C14H26N4O2S. The van der Waals surface area contributed by atoms with Crippen molar-refractivity contribution < 1.29 is 9.47 Å². The number of aromatic nitrogens is 3. The Labute approximate surface area is 131 Å². The van der Waals surface area contributed by atoms with Crippen molar-refractivity contribution in [3.63, 3.8) is 0 Å². The normalized spacial score (nSPS) is 15.9. The van der Waals surface area contributed by atoms with Crippen molar-refractivity contribution in [3.8, 4) is 0 Å². The second kappa shape index (κ2) is 8.60. The number of methoxy groups -OCH3 is 1. The molecule has 1 aliphatic heterocycles. The van der Waals surface area contributed by atoms with Gasteiger partial charge in [-0.25, -0.2) is 0 Å². The highest BCUT2D eigenvalue weighted by molar-refractivity contribution is 7.99. The summed E-state index contributed by atoms with van der Waals surface area (Å²) in [4.78, 5) is 2.28. The highest BCUT2D eigenvalue weighted by Gasteiger charge is 2.20. The van der Waals surface area contributed by atoms with Gasteiger partial charge in [-0.1, -0.05) is 25.6 Å². The van der Waals surface area contributed by atoms with Crippen molar-refractivity contribution in [1.82, 2.24) is 14.8 Å². The first kappa shape index (κ1) is 16.6. The third-order valence-electron chi connectivity index (χ3n) is 3.26. The van der Waals surface area contributed by atoms with E-state index in [1.165, 1.54) is 0 Å². The number of rotatable bonds is 8. The van der Waals surface area contributed by atoms with E-state index in [1.807, 2.05) is 0 Å². The molecule has 0 unspecified atom stereocenters. The van der Waals surface area contributed by atoms with Crippen molar-refractivity contribution >= 4 is 17.7 Å². The molecule has 0 amide bonds. The lowest BCUT2D eigenvalue weighted by Crippen LogP contribution is -2.38. The minimum Gasteiger partial charge on any atom is -0.385 e. The standard InChI is InChI=1S/C14H26N4O2S/c1-12(2)11-18-13(17-5-8-20-9-6-17)15-16-14(18)21-10-4-7-19-3/h12H,4-11H2,1-3H3. The Kier molecular flexibility index (Phi) is 6.79. The van der Waals surface area contributed by atoms with E-state index in [0.29, 0.717) is 5.92 Å². The van der Waals surface area contributed by atoms with Gasteiger partial charge in [0, 0.05) is 39.1 Å². The van der Waals surface area contributed by atoms with Crippen LogP contribution in [-0.4, -0.2) is 60.5 Å². The van der Waals surface area contributed by atoms with Gasteiger partial charge < -0.3 is 14.4 Å². The van der Waals surface area contributed by atoms with Gasteiger partial charge in [0.1, 0.15) is 0 Å². The van der Waals surface area contributed by atoms with Gasteiger partial charge in [0.05, 0.1) is 13.2 Å². The summed E-state index contributed by atoms with van der Waals surface area (Å²) in [5.41, 5.74) is 0. The lowest BCUT2D eigenvalue weighted by Gasteiger charge is -2.28. The molecule has 2 rings (SSSR count). The number of ether oxygens (including phenoxy) is 2. The van der Waals surface area contributed by atoms with Crippen LogP contribution in [0.25, 0.3) is 0 Å². The Morgan fingerprint density at radius 2 is 2.05 bits per heavy atom. The van der Waals surface area contributed by atoms with Gasteiger partial charge in [-0.2, -0.15) is 0 Å². The van der Waals surface area contributed by atoms with Gasteiger partial charge in [-0.3, -0.25) is 4.57 Å². The van der Waals surface area contributed by atoms with Gasteiger partial charge in [0.2, 0.25) is 5.95 Å². The summed E-state index contributed by atoms with van der Waals surface area (Å²) in [6, 6.07) is 0. The molecule has 1 aromatic heterocycles. The second-order valence-electron chi connectivity index (χ2n) is 5.58. The molecule has 21 heavy (non-hydrogen) atoms. The van der Waals surface area contributed by atoms with Crippen LogP contribution in [0.3, 0.4) is 0 Å². The molecule has 0 aromatic carbocycles. The number of morpholine rings is 1. The first-order chi connectivity index (χ1) is 10.2. The number of anilines is 1. The molecule has 2 heterocycles. The fraction of sp³-hybridized carbons (Fsp3) is 0.857. The molecule has 1 fully saturated rings. The van der Waals surface area contributed by atoms with E-state index in [4.69, 9.17) is 9.47 Å². The SMILES string of the molecule is COCCCSc1nnc(N2CCOCC2)n1CC(C)C. The van der Waals surface area contributed by atoms with Crippen LogP contribution in [0, 0.1) is 5.92 Å². The van der Waals surface area contributed by atoms with Crippen LogP contribution in [0.5, 0.6) is 0 Å². The summed E-state index contributed by atoms with van der Waals surface area (Å²) < 4.78 is 12.8. The number of hydrogen-bond donors (Lipinski definition) is 0. The molecule has 7 heteroatoms. The molecular weight excluding hydrogens is 288 g/mol. The molecule has 0 saturated carbocycles. The molecule has 0 bridgehead atoms. The summed E-state index contributed by atoms with van der Waals surface area (Å²) in [6.45, 7) is 9.52. The number of hydrogen-bond acceptors (Lipinski definition) is 6. The van der Waals surface area contributed by atoms with Crippen LogP contribution in [0.2, 0.25) is 0 Å². The highest BCUT2D eigenvalue weighted by atomic mass is 32.2. The van der Waals surface area contributed by atoms with E-state index < -0.39 is 0 Å². The maximum atomic E-state index is 5.42. The molecule has 0 spiro atoms. The van der Waals surface area contributed by atoms with Gasteiger partial charge >= 0.3 is 0 Å². The summed E-state index contributed by atoms with van der Waals surface area (Å²) >= 11 is 1.77. The predicted molar refractivity (Wildman–Crippen MR) is 85.1 cm³/mol. The van der Waals surface area contributed by atoms with E-state index in [0.717, 1.165) is 62.7 Å². The van der Waals surface area contributed by atoms with E-state index in [-0.39, 0.29) is 0 Å². The van der Waals surface area contributed by atoms with E-state index in [1.54, 1.807) is 18.9 Å². The minimum atomic E-state index is 0.569. The maximum absolute atomic E-state index is 5.42. The molecule has 0 N–H and O–H groups in total. The van der Waals surface area contributed by atoms with E-state index >= 15 is 0 Å². The Morgan fingerprint density at radius 3 is 2.71 bits per heavy atom. The third kappa shape index (κ3) is 4.86. The lowest BCUT2D eigenvalue weighted by atomic mass is 10.2. The summed E-state index contributed by atoms with van der Waals surface area (Å²) in [5, 5.41) is 9.83. The highest BCUT2D eigenvalue weighted by Crippen LogP contribution is 2.24. The minimum absolute atomic E-state index is 0.569. The fourth-order valence-electron chi connectivity index (χ4n) is 2.28. The lowest BCUT2D eigenvalue weighted by molar-refractivity contribution is 0.121. The van der Waals surface area contributed by atoms with Crippen LogP contribution in [0.15, 0.2) is 5.16 Å². The van der Waals surface area contributed by atoms with Crippen molar-refractivity contribution in [1.29, 1.82) is 0 Å². The van der Waals surface area contributed by atoms with Crippen molar-refractivity contribution in [2.24, 2.45) is 5.92 Å². The van der Waals surface area contributed by atoms with Crippen LogP contribution in [0.4, 0.5) is 5.95 Å². The summed E-state index contributed by atoms with van der Waals surface area (Å²) in [5.74, 6) is 2.56. The average molecular weight is 314 g/mol. The average Bonchev–Trinajstić information content (AvgIpc) is 2.87. The Bertz CT molecular complexity index is 419. The van der Waals surface area contributed by atoms with Crippen LogP contribution in [0.1, 0.15) is 20.3 Å². The zero-order chi connectivity index (χ0) is 15.1. The quantitative estimate of drug-likeness (QED) is 0.539. The molecule has 0 atom stereocenters. The first-order valence-corrected chi connectivity index (χ1v) is 8.58. The van der Waals surface area contributed by atoms with E-state index in [9.17, 15) is 0 Å². The Balaban J connectivity index is 2.06. The van der Waals surface area contributed by atoms with Crippen molar-refractivity contribution in [3.05, 3.63) is 0 Å². The van der Waals surface area contributed by atoms with Crippen LogP contribution < -0.4 is 4.90 Å².